The van der Waals surface area contributed by atoms with Crippen molar-refractivity contribution in [2.24, 2.45) is 0 Å². The first-order valence-electron chi connectivity index (χ1n) is 6.76. The number of unbranched alkanes of at least 4 members (excludes halogenated alkanes) is 1. The summed E-state index contributed by atoms with van der Waals surface area (Å²) in [5.41, 5.74) is 0.128. The molecule has 0 atom stereocenters. The topological polar surface area (TPSA) is 108 Å². The highest BCUT2D eigenvalue weighted by atomic mass is 32.2. The summed E-state index contributed by atoms with van der Waals surface area (Å²) in [6, 6.07) is 7.95. The Hall–Kier alpha value is -2.53. The van der Waals surface area contributed by atoms with E-state index in [0.29, 0.717) is 12.4 Å². The molecule has 2 N–H and O–H groups in total. The van der Waals surface area contributed by atoms with Crippen LogP contribution in [-0.4, -0.2) is 25.2 Å². The first kappa shape index (κ1) is 15.9. The van der Waals surface area contributed by atoms with Crippen LogP contribution in [-0.2, 0) is 10.0 Å². The van der Waals surface area contributed by atoms with Crippen molar-refractivity contribution in [2.75, 3.05) is 11.3 Å². The Morgan fingerprint density at radius 1 is 1.36 bits per heavy atom. The third-order valence-corrected chi connectivity index (χ3v) is 4.26. The first-order valence-corrected chi connectivity index (χ1v) is 8.24. The second-order valence-electron chi connectivity index (χ2n) is 4.55. The van der Waals surface area contributed by atoms with Gasteiger partial charge < -0.3 is 4.74 Å². The fourth-order valence-corrected chi connectivity index (χ4v) is 2.73. The monoisotopic (exact) mass is 320 g/mol. The van der Waals surface area contributed by atoms with Gasteiger partial charge >= 0.3 is 0 Å². The van der Waals surface area contributed by atoms with Crippen LogP contribution in [0.25, 0.3) is 0 Å². The minimum atomic E-state index is -3.79. The lowest BCUT2D eigenvalue weighted by atomic mass is 10.3. The number of nitriles is 1. The molecule has 0 saturated heterocycles. The SMILES string of the molecule is CCCCOc1ccc(S(=O)(=O)Nc2[nH]ncc2C#N)cc1. The van der Waals surface area contributed by atoms with E-state index in [1.165, 1.54) is 18.3 Å². The number of aromatic amines is 1. The van der Waals surface area contributed by atoms with Gasteiger partial charge in [-0.1, -0.05) is 13.3 Å². The van der Waals surface area contributed by atoms with E-state index >= 15 is 0 Å². The molecule has 2 rings (SSSR count). The van der Waals surface area contributed by atoms with Gasteiger partial charge in [-0.05, 0) is 30.7 Å². The van der Waals surface area contributed by atoms with Gasteiger partial charge in [0.15, 0.2) is 5.82 Å². The number of ether oxygens (including phenoxy) is 1. The minimum absolute atomic E-state index is 0.0470. The maximum Gasteiger partial charge on any atom is 0.263 e. The minimum Gasteiger partial charge on any atom is -0.494 e. The van der Waals surface area contributed by atoms with Crippen LogP contribution in [0.4, 0.5) is 5.82 Å². The number of nitrogens with zero attached hydrogens (tertiary/aromatic N) is 2. The number of H-pyrrole nitrogens is 1. The predicted molar refractivity (Wildman–Crippen MR) is 81.0 cm³/mol. The van der Waals surface area contributed by atoms with Crippen molar-refractivity contribution < 1.29 is 13.2 Å². The molecule has 7 nitrogen and oxygen atoms in total. The molecule has 0 bridgehead atoms. The van der Waals surface area contributed by atoms with Crippen LogP contribution >= 0.6 is 0 Å². The average Bonchev–Trinajstić information content (AvgIpc) is 2.94. The standard InChI is InChI=1S/C14H16N4O3S/c1-2-3-8-21-12-4-6-13(7-5-12)22(19,20)18-14-11(9-15)10-16-17-14/h4-7,10H,2-3,8H2,1H3,(H2,16,17,18). The van der Waals surface area contributed by atoms with Crippen molar-refractivity contribution in [1.29, 1.82) is 5.26 Å². The fraction of sp³-hybridized carbons (Fsp3) is 0.286. The molecule has 0 amide bonds. The van der Waals surface area contributed by atoms with E-state index in [-0.39, 0.29) is 16.3 Å². The van der Waals surface area contributed by atoms with Crippen LogP contribution in [0.5, 0.6) is 5.75 Å². The van der Waals surface area contributed by atoms with Gasteiger partial charge in [-0.15, -0.1) is 0 Å². The molecule has 0 aliphatic carbocycles. The number of sulfonamides is 1. The molecule has 0 spiro atoms. The van der Waals surface area contributed by atoms with E-state index in [2.05, 4.69) is 21.8 Å². The van der Waals surface area contributed by atoms with Crippen molar-refractivity contribution in [3.8, 4) is 11.8 Å². The Balaban J connectivity index is 2.11. The summed E-state index contributed by atoms with van der Waals surface area (Å²) in [6.45, 7) is 2.66. The number of anilines is 1. The lowest BCUT2D eigenvalue weighted by Crippen LogP contribution is -2.14. The van der Waals surface area contributed by atoms with E-state index in [9.17, 15) is 8.42 Å². The van der Waals surface area contributed by atoms with Crippen LogP contribution in [0.2, 0.25) is 0 Å². The van der Waals surface area contributed by atoms with Crippen LogP contribution in [0.3, 0.4) is 0 Å². The molecule has 8 heteroatoms. The van der Waals surface area contributed by atoms with Gasteiger partial charge in [-0.25, -0.2) is 8.42 Å². The summed E-state index contributed by atoms with van der Waals surface area (Å²) in [6.07, 6.45) is 3.22. The molecule has 0 saturated carbocycles. The second-order valence-corrected chi connectivity index (χ2v) is 6.23. The van der Waals surface area contributed by atoms with E-state index < -0.39 is 10.0 Å². The molecular weight excluding hydrogens is 304 g/mol. The Morgan fingerprint density at radius 2 is 2.09 bits per heavy atom. The van der Waals surface area contributed by atoms with Gasteiger partial charge in [0.2, 0.25) is 0 Å². The normalized spacial score (nSPS) is 10.9. The quantitative estimate of drug-likeness (QED) is 0.761. The number of nitrogens with one attached hydrogen (secondary N) is 2. The molecule has 1 aromatic heterocycles. The number of benzene rings is 1. The third kappa shape index (κ3) is 3.77. The maximum atomic E-state index is 12.2. The molecular formula is C14H16N4O3S. The lowest BCUT2D eigenvalue weighted by molar-refractivity contribution is 0.309. The molecule has 2 aromatic rings. The smallest absolute Gasteiger partial charge is 0.263 e. The Labute approximate surface area is 129 Å². The van der Waals surface area contributed by atoms with Crippen molar-refractivity contribution in [3.63, 3.8) is 0 Å². The summed E-state index contributed by atoms with van der Waals surface area (Å²) in [5.74, 6) is 0.664. The zero-order valence-corrected chi connectivity index (χ0v) is 12.9. The summed E-state index contributed by atoms with van der Waals surface area (Å²) >= 11 is 0. The van der Waals surface area contributed by atoms with Crippen LogP contribution in [0.1, 0.15) is 25.3 Å². The number of hydrogen-bond donors (Lipinski definition) is 2. The Kier molecular flexibility index (Phi) is 5.01. The third-order valence-electron chi connectivity index (χ3n) is 2.90. The zero-order valence-electron chi connectivity index (χ0n) is 12.0. The molecule has 0 aliphatic heterocycles. The van der Waals surface area contributed by atoms with E-state index in [0.717, 1.165) is 12.8 Å². The first-order chi connectivity index (χ1) is 10.6. The number of aromatic nitrogens is 2. The van der Waals surface area contributed by atoms with Crippen molar-refractivity contribution in [1.82, 2.24) is 10.2 Å². The van der Waals surface area contributed by atoms with Gasteiger partial charge in [0.1, 0.15) is 17.4 Å². The predicted octanol–water partition coefficient (Wildman–Crippen LogP) is 2.26. The number of rotatable bonds is 7. The highest BCUT2D eigenvalue weighted by Gasteiger charge is 2.17. The molecule has 0 aliphatic rings. The molecule has 116 valence electrons. The summed E-state index contributed by atoms with van der Waals surface area (Å²) in [5, 5.41) is 14.9. The molecule has 22 heavy (non-hydrogen) atoms. The second kappa shape index (κ2) is 6.95. The van der Waals surface area contributed by atoms with Gasteiger partial charge in [0, 0.05) is 0 Å². The largest absolute Gasteiger partial charge is 0.494 e. The van der Waals surface area contributed by atoms with E-state index in [4.69, 9.17) is 10.00 Å². The van der Waals surface area contributed by atoms with Crippen molar-refractivity contribution in [3.05, 3.63) is 36.0 Å². The molecule has 0 fully saturated rings. The highest BCUT2D eigenvalue weighted by molar-refractivity contribution is 7.92. The Bertz CT molecular complexity index is 760. The fourth-order valence-electron chi connectivity index (χ4n) is 1.69. The molecule has 1 aromatic carbocycles. The van der Waals surface area contributed by atoms with Crippen LogP contribution in [0, 0.1) is 11.3 Å². The molecule has 0 unspecified atom stereocenters. The highest BCUT2D eigenvalue weighted by Crippen LogP contribution is 2.20. The Morgan fingerprint density at radius 3 is 2.73 bits per heavy atom. The van der Waals surface area contributed by atoms with Crippen molar-refractivity contribution in [2.45, 2.75) is 24.7 Å². The van der Waals surface area contributed by atoms with E-state index in [1.807, 2.05) is 6.07 Å². The van der Waals surface area contributed by atoms with Gasteiger partial charge in [-0.3, -0.25) is 9.82 Å². The lowest BCUT2D eigenvalue weighted by Gasteiger charge is -2.08. The van der Waals surface area contributed by atoms with Gasteiger partial charge in [-0.2, -0.15) is 10.4 Å². The van der Waals surface area contributed by atoms with Crippen LogP contribution < -0.4 is 9.46 Å². The van der Waals surface area contributed by atoms with Gasteiger partial charge in [0.25, 0.3) is 10.0 Å². The van der Waals surface area contributed by atoms with Gasteiger partial charge in [0.05, 0.1) is 17.7 Å². The average molecular weight is 320 g/mol. The summed E-state index contributed by atoms with van der Waals surface area (Å²) < 4.78 is 32.2. The zero-order chi connectivity index (χ0) is 16.0. The molecule has 0 radical (unpaired) electrons. The molecule has 1 heterocycles. The van der Waals surface area contributed by atoms with Crippen molar-refractivity contribution >= 4 is 15.8 Å². The van der Waals surface area contributed by atoms with Crippen LogP contribution in [0.15, 0.2) is 35.4 Å². The summed E-state index contributed by atoms with van der Waals surface area (Å²) in [4.78, 5) is 0.0776. The van der Waals surface area contributed by atoms with E-state index in [1.54, 1.807) is 12.1 Å². The maximum absolute atomic E-state index is 12.2. The number of hydrogen-bond acceptors (Lipinski definition) is 5. The summed E-state index contributed by atoms with van der Waals surface area (Å²) in [7, 11) is -3.79.